The molecule has 1 amide bonds. The normalized spacial score (nSPS) is 20.6. The average molecular weight is 298 g/mol. The number of primary amides is 1. The van der Waals surface area contributed by atoms with Crippen LogP contribution >= 0.6 is 0 Å². The largest absolute Gasteiger partial charge is 0.368 e. The smallest absolute Gasteiger partial charge is 0.239 e. The summed E-state index contributed by atoms with van der Waals surface area (Å²) in [5.41, 5.74) is 6.71. The van der Waals surface area contributed by atoms with Gasteiger partial charge in [0.15, 0.2) is 0 Å². The number of benzene rings is 1. The Bertz CT molecular complexity index is 596. The molecule has 5 heteroatoms. The van der Waals surface area contributed by atoms with E-state index in [1.165, 1.54) is 6.42 Å². The molecule has 5 nitrogen and oxygen atoms in total. The van der Waals surface area contributed by atoms with Crippen LogP contribution in [0.2, 0.25) is 0 Å². The lowest BCUT2D eigenvalue weighted by Crippen LogP contribution is -2.48. The van der Waals surface area contributed by atoms with E-state index < -0.39 is 0 Å². The van der Waals surface area contributed by atoms with Crippen LogP contribution in [-0.2, 0) is 11.3 Å². The molecule has 22 heavy (non-hydrogen) atoms. The predicted octanol–water partition coefficient (Wildman–Crippen LogP) is 1.96. The van der Waals surface area contributed by atoms with Crippen LogP contribution in [-0.4, -0.2) is 33.2 Å². The maximum Gasteiger partial charge on any atom is 0.239 e. The van der Waals surface area contributed by atoms with E-state index in [2.05, 4.69) is 10.00 Å². The van der Waals surface area contributed by atoms with Crippen LogP contribution in [0.15, 0.2) is 48.8 Å². The van der Waals surface area contributed by atoms with Crippen LogP contribution in [0, 0.1) is 0 Å². The second kappa shape index (κ2) is 6.75. The summed E-state index contributed by atoms with van der Waals surface area (Å²) in [4.78, 5) is 14.4. The fraction of sp³-hybridized carbons (Fsp3) is 0.412. The van der Waals surface area contributed by atoms with E-state index in [0.717, 1.165) is 31.5 Å². The van der Waals surface area contributed by atoms with Gasteiger partial charge in [-0.05, 0) is 31.0 Å². The molecule has 116 valence electrons. The topological polar surface area (TPSA) is 64.2 Å². The van der Waals surface area contributed by atoms with Gasteiger partial charge in [-0.3, -0.25) is 14.4 Å². The summed E-state index contributed by atoms with van der Waals surface area (Å²) in [7, 11) is 0. The molecular formula is C17H22N4O. The Balaban J connectivity index is 1.85. The summed E-state index contributed by atoms with van der Waals surface area (Å²) < 4.78 is 1.94. The van der Waals surface area contributed by atoms with E-state index in [9.17, 15) is 4.79 Å². The van der Waals surface area contributed by atoms with Crippen LogP contribution in [0.25, 0.3) is 0 Å². The number of piperidine rings is 1. The molecule has 1 aromatic heterocycles. The van der Waals surface area contributed by atoms with Gasteiger partial charge in [0.2, 0.25) is 5.91 Å². The first kappa shape index (κ1) is 14.8. The number of nitrogens with two attached hydrogens (primary N) is 1. The molecule has 2 N–H and O–H groups in total. The van der Waals surface area contributed by atoms with Gasteiger partial charge in [-0.25, -0.2) is 0 Å². The quantitative estimate of drug-likeness (QED) is 0.918. The molecule has 1 fully saturated rings. The van der Waals surface area contributed by atoms with Gasteiger partial charge in [0.25, 0.3) is 0 Å². The van der Waals surface area contributed by atoms with Crippen molar-refractivity contribution in [2.24, 2.45) is 5.73 Å². The van der Waals surface area contributed by atoms with Gasteiger partial charge in [-0.2, -0.15) is 5.10 Å². The highest BCUT2D eigenvalue weighted by Crippen LogP contribution is 2.29. The summed E-state index contributed by atoms with van der Waals surface area (Å²) in [6.07, 6.45) is 7.11. The Labute approximate surface area is 130 Å². The third-order valence-corrected chi connectivity index (χ3v) is 4.35. The van der Waals surface area contributed by atoms with Crippen molar-refractivity contribution in [3.63, 3.8) is 0 Å². The number of carbonyl (C=O) groups excluding carboxylic acids is 1. The first-order chi connectivity index (χ1) is 10.8. The molecule has 3 rings (SSSR count). The molecule has 0 aliphatic carbocycles. The van der Waals surface area contributed by atoms with E-state index in [1.54, 1.807) is 6.20 Å². The van der Waals surface area contributed by atoms with E-state index in [1.807, 2.05) is 47.3 Å². The van der Waals surface area contributed by atoms with Gasteiger partial charge in [0.05, 0.1) is 6.54 Å². The van der Waals surface area contributed by atoms with Crippen LogP contribution in [0.1, 0.15) is 30.9 Å². The first-order valence-electron chi connectivity index (χ1n) is 7.83. The maximum absolute atomic E-state index is 12.1. The Kier molecular flexibility index (Phi) is 4.53. The van der Waals surface area contributed by atoms with E-state index in [4.69, 9.17) is 5.73 Å². The highest BCUT2D eigenvalue weighted by Gasteiger charge is 2.33. The van der Waals surface area contributed by atoms with E-state index >= 15 is 0 Å². The zero-order chi connectivity index (χ0) is 15.4. The van der Waals surface area contributed by atoms with Gasteiger partial charge in [0.1, 0.15) is 6.04 Å². The lowest BCUT2D eigenvalue weighted by atomic mass is 9.96. The second-order valence-electron chi connectivity index (χ2n) is 5.83. The van der Waals surface area contributed by atoms with Crippen molar-refractivity contribution in [2.45, 2.75) is 37.9 Å². The Hall–Kier alpha value is -2.14. The SMILES string of the molecule is NC(=O)[C@@H](c1ccccc1)N1CCCC[C@H]1Cn1cccn1. The predicted molar refractivity (Wildman–Crippen MR) is 84.9 cm³/mol. The molecule has 1 aromatic carbocycles. The molecule has 1 aliphatic heterocycles. The van der Waals surface area contributed by atoms with Gasteiger partial charge in [0, 0.05) is 18.4 Å². The third-order valence-electron chi connectivity index (χ3n) is 4.35. The standard InChI is InChI=1S/C17H22N4O/c18-17(22)16(14-7-2-1-3-8-14)21-12-5-4-9-15(21)13-20-11-6-10-19-20/h1-3,6-8,10-11,15-16H,4-5,9,12-13H2,(H2,18,22)/t15-,16+/m0/s1. The summed E-state index contributed by atoms with van der Waals surface area (Å²) in [6.45, 7) is 1.69. The minimum Gasteiger partial charge on any atom is -0.368 e. The molecule has 1 aliphatic rings. The zero-order valence-corrected chi connectivity index (χ0v) is 12.6. The number of carbonyl (C=O) groups is 1. The molecule has 0 unspecified atom stereocenters. The Morgan fingerprint density at radius 3 is 2.77 bits per heavy atom. The third kappa shape index (κ3) is 3.20. The number of nitrogens with zero attached hydrogens (tertiary/aromatic N) is 3. The van der Waals surface area contributed by atoms with Gasteiger partial charge < -0.3 is 5.73 Å². The average Bonchev–Trinajstić information content (AvgIpc) is 3.03. The lowest BCUT2D eigenvalue weighted by Gasteiger charge is -2.40. The number of hydrogen-bond acceptors (Lipinski definition) is 3. The summed E-state index contributed by atoms with van der Waals surface area (Å²) in [5.74, 6) is -0.279. The molecule has 1 saturated heterocycles. The van der Waals surface area contributed by atoms with Crippen LogP contribution in [0.4, 0.5) is 0 Å². The van der Waals surface area contributed by atoms with Crippen LogP contribution in [0.3, 0.4) is 0 Å². The van der Waals surface area contributed by atoms with Gasteiger partial charge in [-0.1, -0.05) is 36.8 Å². The molecule has 0 radical (unpaired) electrons. The van der Waals surface area contributed by atoms with Crippen molar-refractivity contribution in [2.75, 3.05) is 6.54 Å². The molecule has 0 spiro atoms. The second-order valence-corrected chi connectivity index (χ2v) is 5.83. The zero-order valence-electron chi connectivity index (χ0n) is 12.6. The number of likely N-dealkylation sites (tertiary alicyclic amines) is 1. The highest BCUT2D eigenvalue weighted by molar-refractivity contribution is 5.81. The number of hydrogen-bond donors (Lipinski definition) is 1. The van der Waals surface area contributed by atoms with Crippen LogP contribution in [0.5, 0.6) is 0 Å². The molecule has 2 aromatic rings. The molecule has 2 atom stereocenters. The van der Waals surface area contributed by atoms with E-state index in [0.29, 0.717) is 0 Å². The van der Waals surface area contributed by atoms with Gasteiger partial charge in [-0.15, -0.1) is 0 Å². The van der Waals surface area contributed by atoms with Crippen molar-refractivity contribution in [3.05, 3.63) is 54.4 Å². The highest BCUT2D eigenvalue weighted by atomic mass is 16.1. The van der Waals surface area contributed by atoms with Crippen LogP contribution < -0.4 is 5.73 Å². The summed E-state index contributed by atoms with van der Waals surface area (Å²) in [6, 6.07) is 11.7. The van der Waals surface area contributed by atoms with Gasteiger partial charge >= 0.3 is 0 Å². The number of aromatic nitrogens is 2. The van der Waals surface area contributed by atoms with Crippen molar-refractivity contribution < 1.29 is 4.79 Å². The fourth-order valence-corrected chi connectivity index (χ4v) is 3.34. The molecule has 0 bridgehead atoms. The minimum atomic E-state index is -0.359. The molecular weight excluding hydrogens is 276 g/mol. The van der Waals surface area contributed by atoms with Crippen molar-refractivity contribution in [3.8, 4) is 0 Å². The fourth-order valence-electron chi connectivity index (χ4n) is 3.34. The van der Waals surface area contributed by atoms with Crippen molar-refractivity contribution in [1.29, 1.82) is 0 Å². The summed E-state index contributed by atoms with van der Waals surface area (Å²) in [5, 5.41) is 4.30. The first-order valence-corrected chi connectivity index (χ1v) is 7.83. The molecule has 2 heterocycles. The minimum absolute atomic E-state index is 0.279. The monoisotopic (exact) mass is 298 g/mol. The lowest BCUT2D eigenvalue weighted by molar-refractivity contribution is -0.125. The molecule has 0 saturated carbocycles. The number of rotatable bonds is 5. The Morgan fingerprint density at radius 2 is 2.09 bits per heavy atom. The maximum atomic E-state index is 12.1. The number of amides is 1. The Morgan fingerprint density at radius 1 is 1.27 bits per heavy atom. The van der Waals surface area contributed by atoms with Crippen molar-refractivity contribution >= 4 is 5.91 Å². The van der Waals surface area contributed by atoms with Crippen molar-refractivity contribution in [1.82, 2.24) is 14.7 Å². The van der Waals surface area contributed by atoms with E-state index in [-0.39, 0.29) is 18.0 Å². The summed E-state index contributed by atoms with van der Waals surface area (Å²) >= 11 is 0.